The smallest absolute Gasteiger partial charge is 0.257 e. The van der Waals surface area contributed by atoms with E-state index in [0.717, 1.165) is 23.4 Å². The summed E-state index contributed by atoms with van der Waals surface area (Å²) in [6, 6.07) is 9.89. The average molecular weight is 436 g/mol. The summed E-state index contributed by atoms with van der Waals surface area (Å²) in [6.45, 7) is 2.48. The average Bonchev–Trinajstić information content (AvgIpc) is 3.37. The second-order valence-electron chi connectivity index (χ2n) is 6.17. The van der Waals surface area contributed by atoms with Crippen LogP contribution in [0.25, 0.3) is 10.6 Å². The number of thiazole rings is 1. The quantitative estimate of drug-likeness (QED) is 0.563. The molecule has 2 heterocycles. The minimum atomic E-state index is -3.54. The first-order chi connectivity index (χ1) is 13.4. The van der Waals surface area contributed by atoms with Gasteiger partial charge in [0, 0.05) is 24.5 Å². The van der Waals surface area contributed by atoms with Crippen molar-refractivity contribution in [2.24, 2.45) is 0 Å². The minimum absolute atomic E-state index is 0.178. The molecule has 6 nitrogen and oxygen atoms in total. The number of carbonyl (C=O) groups is 1. The minimum Gasteiger partial charge on any atom is -0.298 e. The Morgan fingerprint density at radius 1 is 1.18 bits per heavy atom. The molecule has 1 aromatic carbocycles. The van der Waals surface area contributed by atoms with E-state index in [9.17, 15) is 13.2 Å². The van der Waals surface area contributed by atoms with Crippen LogP contribution in [-0.2, 0) is 10.0 Å². The third kappa shape index (κ3) is 4.67. The highest BCUT2D eigenvalue weighted by Gasteiger charge is 2.20. The summed E-state index contributed by atoms with van der Waals surface area (Å²) < 4.78 is 26.4. The molecule has 0 radical (unpaired) electrons. The Bertz CT molecular complexity index is 1030. The molecule has 1 amide bonds. The lowest BCUT2D eigenvalue weighted by Gasteiger charge is -2.16. The van der Waals surface area contributed by atoms with Gasteiger partial charge in [-0.3, -0.25) is 10.1 Å². The number of hydrogen-bond acceptors (Lipinski definition) is 6. The lowest BCUT2D eigenvalue weighted by atomic mass is 10.2. The number of carbonyl (C=O) groups excluding carboxylic acids is 1. The number of thiophene rings is 1. The molecule has 0 saturated carbocycles. The van der Waals surface area contributed by atoms with Crippen molar-refractivity contribution in [3.8, 4) is 10.6 Å². The van der Waals surface area contributed by atoms with E-state index in [2.05, 4.69) is 10.3 Å². The Morgan fingerprint density at radius 2 is 1.93 bits per heavy atom. The summed E-state index contributed by atoms with van der Waals surface area (Å²) in [7, 11) is -1.97. The van der Waals surface area contributed by atoms with Gasteiger partial charge in [-0.25, -0.2) is 17.7 Å². The molecule has 148 valence electrons. The van der Waals surface area contributed by atoms with Crippen LogP contribution in [0.3, 0.4) is 0 Å². The van der Waals surface area contributed by atoms with Crippen molar-refractivity contribution < 1.29 is 13.2 Å². The van der Waals surface area contributed by atoms with Crippen LogP contribution >= 0.6 is 22.7 Å². The van der Waals surface area contributed by atoms with Crippen LogP contribution in [-0.4, -0.2) is 37.2 Å². The van der Waals surface area contributed by atoms with Crippen molar-refractivity contribution in [3.63, 3.8) is 0 Å². The zero-order valence-electron chi connectivity index (χ0n) is 15.6. The van der Waals surface area contributed by atoms with Gasteiger partial charge >= 0.3 is 0 Å². The number of nitrogens with one attached hydrogen (secondary N) is 1. The Labute approximate surface area is 172 Å². The first-order valence-corrected chi connectivity index (χ1v) is 12.0. The van der Waals surface area contributed by atoms with Crippen molar-refractivity contribution in [1.29, 1.82) is 0 Å². The van der Waals surface area contributed by atoms with E-state index in [1.165, 1.54) is 39.9 Å². The number of sulfonamides is 1. The number of rotatable bonds is 8. The largest absolute Gasteiger partial charge is 0.298 e. The van der Waals surface area contributed by atoms with Crippen LogP contribution in [0.1, 0.15) is 30.1 Å². The molecule has 9 heteroatoms. The van der Waals surface area contributed by atoms with E-state index >= 15 is 0 Å². The van der Waals surface area contributed by atoms with Crippen molar-refractivity contribution in [2.75, 3.05) is 18.9 Å². The first-order valence-electron chi connectivity index (χ1n) is 8.79. The van der Waals surface area contributed by atoms with Crippen molar-refractivity contribution in [1.82, 2.24) is 9.29 Å². The standard InChI is InChI=1S/C19H21N3O3S3/c1-3-4-11-22(2)28(24,25)15-9-7-14(8-10-15)18(23)21-19-20-16(13-27-19)17-6-5-12-26-17/h5-10,12-13H,3-4,11H2,1-2H3,(H,20,21,23). The fourth-order valence-electron chi connectivity index (χ4n) is 2.50. The number of nitrogens with zero attached hydrogens (tertiary/aromatic N) is 2. The number of unbranched alkanes of at least 4 members (excludes halogenated alkanes) is 1. The summed E-state index contributed by atoms with van der Waals surface area (Å²) in [5.74, 6) is -0.324. The zero-order chi connectivity index (χ0) is 20.1. The van der Waals surface area contributed by atoms with Gasteiger partial charge in [0.1, 0.15) is 0 Å². The third-order valence-electron chi connectivity index (χ3n) is 4.15. The molecule has 3 aromatic rings. The maximum Gasteiger partial charge on any atom is 0.257 e. The number of anilines is 1. The van der Waals surface area contributed by atoms with E-state index in [1.54, 1.807) is 18.4 Å². The number of benzene rings is 1. The molecule has 0 aliphatic rings. The van der Waals surface area contributed by atoms with Gasteiger partial charge in [-0.1, -0.05) is 19.4 Å². The van der Waals surface area contributed by atoms with Crippen molar-refractivity contribution in [2.45, 2.75) is 24.7 Å². The van der Waals surface area contributed by atoms with Gasteiger partial charge in [0.2, 0.25) is 10.0 Å². The zero-order valence-corrected chi connectivity index (χ0v) is 18.0. The van der Waals surface area contributed by atoms with Crippen molar-refractivity contribution >= 4 is 43.7 Å². The van der Waals surface area contributed by atoms with E-state index in [4.69, 9.17) is 0 Å². The Hall–Kier alpha value is -2.07. The van der Waals surface area contributed by atoms with Gasteiger partial charge in [-0.2, -0.15) is 0 Å². The van der Waals surface area contributed by atoms with Gasteiger partial charge < -0.3 is 0 Å². The molecule has 0 unspecified atom stereocenters. The summed E-state index contributed by atoms with van der Waals surface area (Å²) in [5, 5.41) is 7.13. The summed E-state index contributed by atoms with van der Waals surface area (Å²) in [6.07, 6.45) is 1.72. The predicted octanol–water partition coefficient (Wildman–Crippen LogP) is 4.54. The van der Waals surface area contributed by atoms with Crippen LogP contribution in [0.5, 0.6) is 0 Å². The molecule has 0 bridgehead atoms. The molecule has 0 fully saturated rings. The highest BCUT2D eigenvalue weighted by Crippen LogP contribution is 2.28. The first kappa shape index (κ1) is 20.7. The van der Waals surface area contributed by atoms with Crippen LogP contribution in [0, 0.1) is 0 Å². The second-order valence-corrected chi connectivity index (χ2v) is 10.0. The summed E-state index contributed by atoms with van der Waals surface area (Å²) >= 11 is 2.94. The Kier molecular flexibility index (Phi) is 6.61. The molecule has 0 aliphatic heterocycles. The van der Waals surface area contributed by atoms with Gasteiger partial charge in [0.15, 0.2) is 5.13 Å². The Morgan fingerprint density at radius 3 is 2.57 bits per heavy atom. The van der Waals surface area contributed by atoms with Gasteiger partial charge in [0.25, 0.3) is 5.91 Å². The van der Waals surface area contributed by atoms with E-state index in [1.807, 2.05) is 29.8 Å². The fraction of sp³-hybridized carbons (Fsp3) is 0.263. The van der Waals surface area contributed by atoms with Gasteiger partial charge in [-0.05, 0) is 42.1 Å². The fourth-order valence-corrected chi connectivity index (χ4v) is 5.17. The van der Waals surface area contributed by atoms with E-state index < -0.39 is 10.0 Å². The second kappa shape index (κ2) is 8.95. The number of hydrogen-bond donors (Lipinski definition) is 1. The van der Waals surface area contributed by atoms with Crippen molar-refractivity contribution in [3.05, 3.63) is 52.7 Å². The molecule has 0 aliphatic carbocycles. The van der Waals surface area contributed by atoms with Gasteiger partial charge in [-0.15, -0.1) is 22.7 Å². The van der Waals surface area contributed by atoms with Gasteiger partial charge in [0.05, 0.1) is 15.5 Å². The molecule has 0 atom stereocenters. The highest BCUT2D eigenvalue weighted by molar-refractivity contribution is 7.89. The number of amides is 1. The molecule has 0 saturated heterocycles. The maximum absolute atomic E-state index is 12.5. The Balaban J connectivity index is 1.68. The SMILES string of the molecule is CCCCN(C)S(=O)(=O)c1ccc(C(=O)Nc2nc(-c3cccs3)cs2)cc1. The molecular weight excluding hydrogens is 414 g/mol. The predicted molar refractivity (Wildman–Crippen MR) is 115 cm³/mol. The third-order valence-corrected chi connectivity index (χ3v) is 7.67. The van der Waals surface area contributed by atoms with Crippen LogP contribution < -0.4 is 5.32 Å². The molecule has 28 heavy (non-hydrogen) atoms. The van der Waals surface area contributed by atoms with Crippen LogP contribution in [0.15, 0.2) is 52.1 Å². The van der Waals surface area contributed by atoms with Crippen LogP contribution in [0.2, 0.25) is 0 Å². The molecule has 3 rings (SSSR count). The van der Waals surface area contributed by atoms with E-state index in [-0.39, 0.29) is 10.8 Å². The topological polar surface area (TPSA) is 79.4 Å². The molecule has 1 N–H and O–H groups in total. The highest BCUT2D eigenvalue weighted by atomic mass is 32.2. The van der Waals surface area contributed by atoms with E-state index in [0.29, 0.717) is 17.2 Å². The molecular formula is C19H21N3O3S3. The molecule has 0 spiro atoms. The summed E-state index contributed by atoms with van der Waals surface area (Å²) in [4.78, 5) is 18.1. The normalized spacial score (nSPS) is 11.7. The maximum atomic E-state index is 12.5. The molecule has 2 aromatic heterocycles. The van der Waals surface area contributed by atoms with Crippen LogP contribution in [0.4, 0.5) is 5.13 Å². The number of aromatic nitrogens is 1. The lowest BCUT2D eigenvalue weighted by molar-refractivity contribution is 0.102. The summed E-state index contributed by atoms with van der Waals surface area (Å²) in [5.41, 5.74) is 1.20. The lowest BCUT2D eigenvalue weighted by Crippen LogP contribution is -2.28. The monoisotopic (exact) mass is 435 g/mol.